The van der Waals surface area contributed by atoms with Gasteiger partial charge in [0.2, 0.25) is 0 Å². The predicted molar refractivity (Wildman–Crippen MR) is 156 cm³/mol. The Morgan fingerprint density at radius 1 is 0.732 bits per heavy atom. The molecule has 1 aliphatic rings. The number of rotatable bonds is 9. The van der Waals surface area contributed by atoms with E-state index in [1.54, 1.807) is 60.7 Å². The summed E-state index contributed by atoms with van der Waals surface area (Å²) in [4.78, 5) is 40.1. The first-order valence-corrected chi connectivity index (χ1v) is 12.8. The average molecular weight is 570 g/mol. The first-order chi connectivity index (χ1) is 19.9. The molecule has 4 aromatic carbocycles. The molecule has 0 radical (unpaired) electrons. The third-order valence-electron chi connectivity index (χ3n) is 6.14. The molecule has 0 aliphatic carbocycles. The quantitative estimate of drug-likeness (QED) is 0.232. The predicted octanol–water partition coefficient (Wildman–Crippen LogP) is 6.18. The molecule has 4 aromatic rings. The van der Waals surface area contributed by atoms with Crippen LogP contribution in [0.5, 0.6) is 23.0 Å². The van der Waals surface area contributed by atoms with E-state index >= 15 is 0 Å². The fraction of sp³-hybridized carbons (Fsp3) is 0.0645. The summed E-state index contributed by atoms with van der Waals surface area (Å²) in [5, 5.41) is 5.43. The van der Waals surface area contributed by atoms with E-state index in [-0.39, 0.29) is 28.1 Å². The lowest BCUT2D eigenvalue weighted by molar-refractivity contribution is -0.120. The fourth-order valence-electron chi connectivity index (χ4n) is 4.12. The Morgan fingerprint density at radius 3 is 2.15 bits per heavy atom. The maximum absolute atomic E-state index is 13.3. The molecule has 0 spiro atoms. The summed E-state index contributed by atoms with van der Waals surface area (Å²) < 4.78 is 16.3. The van der Waals surface area contributed by atoms with E-state index in [1.165, 1.54) is 20.3 Å². The topological polar surface area (TPSA) is 106 Å². The van der Waals surface area contributed by atoms with E-state index in [9.17, 15) is 14.4 Å². The van der Waals surface area contributed by atoms with Crippen molar-refractivity contribution in [3.05, 3.63) is 113 Å². The van der Waals surface area contributed by atoms with Crippen LogP contribution >= 0.6 is 11.6 Å². The zero-order valence-corrected chi connectivity index (χ0v) is 22.8. The number of hydrogen-bond acceptors (Lipinski definition) is 7. The Morgan fingerprint density at radius 2 is 1.44 bits per heavy atom. The first-order valence-electron chi connectivity index (χ1n) is 12.4. The third-order valence-corrected chi connectivity index (χ3v) is 6.49. The number of benzene rings is 4. The number of carbonyl (C=O) groups is 3. The smallest absolute Gasteiger partial charge is 0.283 e. The molecule has 41 heavy (non-hydrogen) atoms. The highest BCUT2D eigenvalue weighted by molar-refractivity contribution is 6.53. The summed E-state index contributed by atoms with van der Waals surface area (Å²) >= 11 is 6.30. The van der Waals surface area contributed by atoms with Crippen molar-refractivity contribution in [1.29, 1.82) is 0 Å². The van der Waals surface area contributed by atoms with Crippen molar-refractivity contribution >= 4 is 46.4 Å². The van der Waals surface area contributed by atoms with Gasteiger partial charge in [0.25, 0.3) is 17.7 Å². The van der Waals surface area contributed by atoms with Gasteiger partial charge < -0.3 is 24.8 Å². The SMILES string of the molecule is COc1ccc(N2C(=O)C(Cl)=C(Nc3cccc(C(=O)Nc4ccc(Oc5ccccc5)cc4)c3)C2=O)c(OC)c1. The second-order valence-electron chi connectivity index (χ2n) is 8.77. The molecule has 5 rings (SSSR count). The molecular formula is C31H24ClN3O6. The van der Waals surface area contributed by atoms with E-state index in [0.29, 0.717) is 34.2 Å². The number of ether oxygens (including phenoxy) is 3. The minimum absolute atomic E-state index is 0.124. The van der Waals surface area contributed by atoms with Crippen molar-refractivity contribution < 1.29 is 28.6 Å². The molecule has 0 unspecified atom stereocenters. The molecule has 0 aromatic heterocycles. The number of imide groups is 1. The highest BCUT2D eigenvalue weighted by Crippen LogP contribution is 2.37. The van der Waals surface area contributed by atoms with Crippen LogP contribution in [0, 0.1) is 0 Å². The van der Waals surface area contributed by atoms with E-state index in [0.717, 1.165) is 4.90 Å². The van der Waals surface area contributed by atoms with Crippen LogP contribution in [0.2, 0.25) is 0 Å². The Labute approximate surface area is 240 Å². The van der Waals surface area contributed by atoms with Crippen LogP contribution in [0.4, 0.5) is 17.1 Å². The van der Waals surface area contributed by atoms with Crippen molar-refractivity contribution in [2.75, 3.05) is 29.8 Å². The van der Waals surface area contributed by atoms with Crippen molar-refractivity contribution in [3.8, 4) is 23.0 Å². The molecule has 206 valence electrons. The number of halogens is 1. The molecule has 0 fully saturated rings. The van der Waals surface area contributed by atoms with Gasteiger partial charge in [0.1, 0.15) is 33.7 Å². The zero-order valence-electron chi connectivity index (χ0n) is 22.0. The summed E-state index contributed by atoms with van der Waals surface area (Å²) in [6.45, 7) is 0. The lowest BCUT2D eigenvalue weighted by atomic mass is 10.1. The molecule has 3 amide bonds. The number of anilines is 3. The van der Waals surface area contributed by atoms with Gasteiger partial charge in [0.15, 0.2) is 0 Å². The highest BCUT2D eigenvalue weighted by atomic mass is 35.5. The number of nitrogens with zero attached hydrogens (tertiary/aromatic N) is 1. The highest BCUT2D eigenvalue weighted by Gasteiger charge is 2.40. The Hall–Kier alpha value is -5.28. The van der Waals surface area contributed by atoms with Crippen LogP contribution in [0.1, 0.15) is 10.4 Å². The molecule has 2 N–H and O–H groups in total. The molecule has 1 heterocycles. The van der Waals surface area contributed by atoms with Crippen LogP contribution < -0.4 is 29.7 Å². The zero-order chi connectivity index (χ0) is 28.9. The third kappa shape index (κ3) is 5.85. The molecule has 0 atom stereocenters. The van der Waals surface area contributed by atoms with E-state index < -0.39 is 11.8 Å². The van der Waals surface area contributed by atoms with Crippen molar-refractivity contribution in [2.24, 2.45) is 0 Å². The maximum atomic E-state index is 13.3. The van der Waals surface area contributed by atoms with Gasteiger partial charge in [0, 0.05) is 23.0 Å². The van der Waals surface area contributed by atoms with Crippen LogP contribution in [-0.2, 0) is 9.59 Å². The second kappa shape index (κ2) is 11.8. The lowest BCUT2D eigenvalue weighted by Crippen LogP contribution is -2.32. The number of para-hydroxylation sites is 1. The van der Waals surface area contributed by atoms with Gasteiger partial charge in [-0.1, -0.05) is 35.9 Å². The minimum atomic E-state index is -0.712. The van der Waals surface area contributed by atoms with Gasteiger partial charge in [-0.05, 0) is 66.7 Å². The average Bonchev–Trinajstić information content (AvgIpc) is 3.21. The van der Waals surface area contributed by atoms with Crippen LogP contribution in [-0.4, -0.2) is 31.9 Å². The van der Waals surface area contributed by atoms with Crippen LogP contribution in [0.25, 0.3) is 0 Å². The number of nitrogens with one attached hydrogen (secondary N) is 2. The van der Waals surface area contributed by atoms with Crippen LogP contribution in [0.15, 0.2) is 108 Å². The Kier molecular flexibility index (Phi) is 7.89. The van der Waals surface area contributed by atoms with Crippen LogP contribution in [0.3, 0.4) is 0 Å². The van der Waals surface area contributed by atoms with Gasteiger partial charge in [0.05, 0.1) is 19.9 Å². The molecular weight excluding hydrogens is 546 g/mol. The van der Waals surface area contributed by atoms with E-state index in [4.69, 9.17) is 25.8 Å². The summed E-state index contributed by atoms with van der Waals surface area (Å²) in [6.07, 6.45) is 0. The van der Waals surface area contributed by atoms with Gasteiger partial charge in [-0.25, -0.2) is 4.90 Å². The van der Waals surface area contributed by atoms with E-state index in [2.05, 4.69) is 10.6 Å². The summed E-state index contributed by atoms with van der Waals surface area (Å²) in [6, 6.07) is 27.5. The standard InChI is InChI=1S/C31H24ClN3O6/c1-39-24-15-16-25(26(18-24)40-2)35-30(37)27(32)28(31(35)38)33-21-8-6-7-19(17-21)29(36)34-20-11-13-23(14-12-20)41-22-9-4-3-5-10-22/h3-18,33H,1-2H3,(H,34,36). The molecule has 10 heteroatoms. The largest absolute Gasteiger partial charge is 0.497 e. The molecule has 0 saturated carbocycles. The normalized spacial score (nSPS) is 12.8. The second-order valence-corrected chi connectivity index (χ2v) is 9.15. The van der Waals surface area contributed by atoms with Crippen molar-refractivity contribution in [2.45, 2.75) is 0 Å². The maximum Gasteiger partial charge on any atom is 0.283 e. The van der Waals surface area contributed by atoms with Crippen molar-refractivity contribution in [3.63, 3.8) is 0 Å². The minimum Gasteiger partial charge on any atom is -0.497 e. The molecule has 0 saturated heterocycles. The van der Waals surface area contributed by atoms with Crippen molar-refractivity contribution in [1.82, 2.24) is 0 Å². The molecule has 1 aliphatic heterocycles. The fourth-order valence-corrected chi connectivity index (χ4v) is 4.33. The first kappa shape index (κ1) is 27.3. The van der Waals surface area contributed by atoms with Gasteiger partial charge >= 0.3 is 0 Å². The van der Waals surface area contributed by atoms with Gasteiger partial charge in [-0.3, -0.25) is 14.4 Å². The Bertz CT molecular complexity index is 1650. The lowest BCUT2D eigenvalue weighted by Gasteiger charge is -2.18. The molecule has 9 nitrogen and oxygen atoms in total. The summed E-state index contributed by atoms with van der Waals surface area (Å²) in [7, 11) is 2.91. The van der Waals surface area contributed by atoms with Gasteiger partial charge in [-0.2, -0.15) is 0 Å². The number of methoxy groups -OCH3 is 2. The van der Waals surface area contributed by atoms with Gasteiger partial charge in [-0.15, -0.1) is 0 Å². The number of hydrogen-bond donors (Lipinski definition) is 2. The Balaban J connectivity index is 1.28. The monoisotopic (exact) mass is 569 g/mol. The number of carbonyl (C=O) groups excluding carboxylic acids is 3. The summed E-state index contributed by atoms with van der Waals surface area (Å²) in [5.74, 6) is 0.333. The summed E-state index contributed by atoms with van der Waals surface area (Å²) in [5.41, 5.74) is 1.37. The molecule has 0 bridgehead atoms. The number of amides is 3. The van der Waals surface area contributed by atoms with E-state index in [1.807, 2.05) is 30.3 Å².